The van der Waals surface area contributed by atoms with Crippen LogP contribution in [0.5, 0.6) is 0 Å². The number of carbonyl (C=O) groups excluding carboxylic acids is 3. The van der Waals surface area contributed by atoms with Crippen LogP contribution in [0.4, 0.5) is 5.69 Å². The predicted octanol–water partition coefficient (Wildman–Crippen LogP) is 1.69. The monoisotopic (exact) mass is 413 g/mol. The highest BCUT2D eigenvalue weighted by atomic mass is 16.4. The number of nitrogens with zero attached hydrogens (tertiary/aromatic N) is 1. The van der Waals surface area contributed by atoms with Gasteiger partial charge in [-0.15, -0.1) is 0 Å². The van der Waals surface area contributed by atoms with Gasteiger partial charge in [-0.25, -0.2) is 0 Å². The van der Waals surface area contributed by atoms with Crippen molar-refractivity contribution in [1.29, 1.82) is 0 Å². The van der Waals surface area contributed by atoms with Crippen LogP contribution in [0.1, 0.15) is 49.8 Å². The van der Waals surface area contributed by atoms with Gasteiger partial charge in [0.15, 0.2) is 0 Å². The van der Waals surface area contributed by atoms with Crippen molar-refractivity contribution >= 4 is 29.4 Å². The molecule has 3 heterocycles. The largest absolute Gasteiger partial charge is 0.481 e. The molecule has 3 aliphatic heterocycles. The van der Waals surface area contributed by atoms with Crippen molar-refractivity contribution in [3.8, 4) is 0 Å². The van der Waals surface area contributed by atoms with E-state index >= 15 is 0 Å². The number of benzene rings is 1. The molecule has 0 saturated carbocycles. The van der Waals surface area contributed by atoms with Crippen LogP contribution in [0, 0.1) is 25.7 Å². The molecule has 0 aromatic heterocycles. The van der Waals surface area contributed by atoms with E-state index in [9.17, 15) is 24.3 Å². The van der Waals surface area contributed by atoms with Crippen LogP contribution in [0.2, 0.25) is 0 Å². The third kappa shape index (κ3) is 2.56. The van der Waals surface area contributed by atoms with Crippen LogP contribution >= 0.6 is 0 Å². The molecule has 2 fully saturated rings. The van der Waals surface area contributed by atoms with Gasteiger partial charge in [0, 0.05) is 29.8 Å². The van der Waals surface area contributed by atoms with Crippen molar-refractivity contribution in [1.82, 2.24) is 10.2 Å². The average molecular weight is 413 g/mol. The minimum absolute atomic E-state index is 0.150. The smallest absolute Gasteiger partial charge is 0.303 e. The van der Waals surface area contributed by atoms with Crippen LogP contribution in [0.25, 0.3) is 0 Å². The van der Waals surface area contributed by atoms with Crippen molar-refractivity contribution in [2.75, 3.05) is 5.32 Å². The number of likely N-dealkylation sites (tertiary alicyclic amines) is 1. The highest BCUT2D eigenvalue weighted by Crippen LogP contribution is 2.54. The molecule has 160 valence electrons. The number of carboxylic acids is 1. The molecule has 0 aliphatic carbocycles. The molecule has 8 nitrogen and oxygen atoms in total. The first-order valence-corrected chi connectivity index (χ1v) is 10.4. The van der Waals surface area contributed by atoms with E-state index in [-0.39, 0.29) is 36.6 Å². The van der Waals surface area contributed by atoms with E-state index in [4.69, 9.17) is 0 Å². The fourth-order valence-corrected chi connectivity index (χ4v) is 5.29. The Balaban J connectivity index is 1.87. The van der Waals surface area contributed by atoms with Crippen molar-refractivity contribution in [3.63, 3.8) is 0 Å². The van der Waals surface area contributed by atoms with E-state index < -0.39 is 29.4 Å². The molecule has 0 bridgehead atoms. The molecule has 2 saturated heterocycles. The summed E-state index contributed by atoms with van der Waals surface area (Å²) in [6.07, 6.45) is 0.625. The van der Waals surface area contributed by atoms with E-state index in [1.54, 1.807) is 0 Å². The predicted molar refractivity (Wildman–Crippen MR) is 109 cm³/mol. The van der Waals surface area contributed by atoms with E-state index in [2.05, 4.69) is 10.6 Å². The van der Waals surface area contributed by atoms with Crippen molar-refractivity contribution in [3.05, 3.63) is 28.8 Å². The van der Waals surface area contributed by atoms with Gasteiger partial charge in [-0.1, -0.05) is 19.1 Å². The minimum Gasteiger partial charge on any atom is -0.481 e. The van der Waals surface area contributed by atoms with E-state index in [0.717, 1.165) is 11.1 Å². The normalized spacial score (nSPS) is 30.6. The lowest BCUT2D eigenvalue weighted by Gasteiger charge is -2.31. The van der Waals surface area contributed by atoms with Gasteiger partial charge < -0.3 is 10.4 Å². The summed E-state index contributed by atoms with van der Waals surface area (Å²) >= 11 is 0. The first-order valence-electron chi connectivity index (χ1n) is 10.4. The maximum Gasteiger partial charge on any atom is 0.303 e. The Hall–Kier alpha value is -2.74. The highest BCUT2D eigenvalue weighted by molar-refractivity contribution is 6.15. The van der Waals surface area contributed by atoms with Crippen molar-refractivity contribution in [2.45, 2.75) is 64.6 Å². The molecule has 0 unspecified atom stereocenters. The Bertz CT molecular complexity index is 974. The van der Waals surface area contributed by atoms with Crippen molar-refractivity contribution in [2.24, 2.45) is 11.8 Å². The van der Waals surface area contributed by atoms with Gasteiger partial charge in [0.25, 0.3) is 0 Å². The van der Waals surface area contributed by atoms with Gasteiger partial charge in [0.05, 0.1) is 11.8 Å². The molecule has 1 spiro atoms. The minimum atomic E-state index is -1.36. The molecule has 0 radical (unpaired) electrons. The van der Waals surface area contributed by atoms with Gasteiger partial charge in [-0.3, -0.25) is 29.4 Å². The lowest BCUT2D eigenvalue weighted by atomic mass is 9.76. The second-order valence-electron chi connectivity index (χ2n) is 8.68. The second kappa shape index (κ2) is 6.91. The number of anilines is 1. The summed E-state index contributed by atoms with van der Waals surface area (Å²) < 4.78 is 0. The molecular formula is C22H27N3O5. The Kier molecular flexibility index (Phi) is 4.73. The molecule has 1 aromatic carbocycles. The Morgan fingerprint density at radius 2 is 1.93 bits per heavy atom. The summed E-state index contributed by atoms with van der Waals surface area (Å²) in [4.78, 5) is 52.7. The lowest BCUT2D eigenvalue weighted by molar-refractivity contribution is -0.145. The van der Waals surface area contributed by atoms with E-state index in [1.165, 1.54) is 4.90 Å². The first-order chi connectivity index (χ1) is 14.1. The standard InChI is InChI=1S/C22H27N3O5/c1-5-11(3)25-19(28)16-14(8-9-15(26)27)24-22(17(16)20(25)29)13-7-6-10(2)12(4)18(13)23-21(22)30/h6-7,11,14,16-17,24H,5,8-9H2,1-4H3,(H,23,30)(H,26,27)/t11-,14+,16+,17-,22-/m0/s1. The van der Waals surface area contributed by atoms with Gasteiger partial charge in [0.2, 0.25) is 17.7 Å². The quantitative estimate of drug-likeness (QED) is 0.633. The Morgan fingerprint density at radius 1 is 1.23 bits per heavy atom. The van der Waals surface area contributed by atoms with E-state index in [0.29, 0.717) is 17.7 Å². The van der Waals surface area contributed by atoms with Gasteiger partial charge in [0.1, 0.15) is 5.54 Å². The third-order valence-electron chi connectivity index (χ3n) is 7.16. The van der Waals surface area contributed by atoms with Crippen molar-refractivity contribution < 1.29 is 24.3 Å². The average Bonchev–Trinajstić information content (AvgIpc) is 3.28. The van der Waals surface area contributed by atoms with Gasteiger partial charge >= 0.3 is 5.97 Å². The SMILES string of the molecule is CC[C@H](C)N1C(=O)[C@H]2[C@@H](C1=O)[C@]1(N[C@@H]2CCC(=O)O)C(=O)Nc2c1ccc(C)c2C. The second-order valence-corrected chi connectivity index (χ2v) is 8.68. The molecule has 30 heavy (non-hydrogen) atoms. The summed E-state index contributed by atoms with van der Waals surface area (Å²) in [5.41, 5.74) is 1.90. The molecular weight excluding hydrogens is 386 g/mol. The number of imide groups is 1. The molecule has 8 heteroatoms. The summed E-state index contributed by atoms with van der Waals surface area (Å²) in [7, 11) is 0. The van der Waals surface area contributed by atoms with E-state index in [1.807, 2.05) is 39.8 Å². The number of amides is 3. The fourth-order valence-electron chi connectivity index (χ4n) is 5.29. The van der Waals surface area contributed by atoms with Crippen LogP contribution in [0.15, 0.2) is 12.1 Å². The molecule has 5 atom stereocenters. The number of hydrogen-bond donors (Lipinski definition) is 3. The third-order valence-corrected chi connectivity index (χ3v) is 7.16. The molecule has 3 N–H and O–H groups in total. The maximum atomic E-state index is 13.5. The van der Waals surface area contributed by atoms with Crippen LogP contribution in [0.3, 0.4) is 0 Å². The number of nitrogens with one attached hydrogen (secondary N) is 2. The first kappa shape index (κ1) is 20.5. The fraction of sp³-hybridized carbons (Fsp3) is 0.545. The maximum absolute atomic E-state index is 13.5. The zero-order chi connectivity index (χ0) is 22.0. The summed E-state index contributed by atoms with van der Waals surface area (Å²) in [5.74, 6) is -3.65. The number of carbonyl (C=O) groups is 4. The number of carboxylic acid groups (broad SMARTS) is 1. The topological polar surface area (TPSA) is 116 Å². The van der Waals surface area contributed by atoms with Crippen LogP contribution < -0.4 is 10.6 Å². The van der Waals surface area contributed by atoms with Gasteiger partial charge in [-0.05, 0) is 44.7 Å². The number of hydrogen-bond acceptors (Lipinski definition) is 5. The summed E-state index contributed by atoms with van der Waals surface area (Å²) in [6, 6.07) is 2.89. The number of aliphatic carboxylic acids is 1. The lowest BCUT2D eigenvalue weighted by Crippen LogP contribution is -2.54. The summed E-state index contributed by atoms with van der Waals surface area (Å²) in [6.45, 7) is 7.58. The van der Waals surface area contributed by atoms with Crippen LogP contribution in [-0.2, 0) is 24.7 Å². The van der Waals surface area contributed by atoms with Gasteiger partial charge in [-0.2, -0.15) is 0 Å². The molecule has 1 aromatic rings. The number of rotatable bonds is 5. The Labute approximate surface area is 175 Å². The number of fused-ring (bicyclic) bond motifs is 4. The summed E-state index contributed by atoms with van der Waals surface area (Å²) in [5, 5.41) is 15.4. The molecule has 4 rings (SSSR count). The number of aryl methyl sites for hydroxylation is 1. The molecule has 3 aliphatic rings. The zero-order valence-electron chi connectivity index (χ0n) is 17.6. The molecule has 3 amide bonds. The Morgan fingerprint density at radius 3 is 2.57 bits per heavy atom. The van der Waals surface area contributed by atoms with Crippen LogP contribution in [-0.4, -0.2) is 45.8 Å². The highest BCUT2D eigenvalue weighted by Gasteiger charge is 2.70. The zero-order valence-corrected chi connectivity index (χ0v) is 17.6.